The highest BCUT2D eigenvalue weighted by molar-refractivity contribution is 7.92. The lowest BCUT2D eigenvalue weighted by molar-refractivity contribution is 0.0528. The largest absolute Gasteiger partial charge is 0.508 e. The number of ether oxygens (including phenoxy) is 1. The van der Waals surface area contributed by atoms with Crippen LogP contribution in [0.3, 0.4) is 0 Å². The van der Waals surface area contributed by atoms with E-state index in [4.69, 9.17) is 4.74 Å². The number of carbonyl (C=O) groups is 1. The minimum atomic E-state index is -4.06. The van der Waals surface area contributed by atoms with E-state index in [0.717, 1.165) is 11.6 Å². The Hall–Kier alpha value is -2.94. The van der Waals surface area contributed by atoms with Crippen LogP contribution in [-0.2, 0) is 21.2 Å². The van der Waals surface area contributed by atoms with E-state index in [2.05, 4.69) is 10.0 Å². The maximum absolute atomic E-state index is 12.7. The summed E-state index contributed by atoms with van der Waals surface area (Å²) < 4.78 is 33.1. The van der Waals surface area contributed by atoms with Crippen molar-refractivity contribution in [2.45, 2.75) is 57.5 Å². The van der Waals surface area contributed by atoms with Gasteiger partial charge in [-0.1, -0.05) is 26.0 Å². The molecular formula is C22H30N2O6S. The van der Waals surface area contributed by atoms with Gasteiger partial charge in [-0.3, -0.25) is 4.72 Å². The van der Waals surface area contributed by atoms with E-state index in [9.17, 15) is 23.4 Å². The van der Waals surface area contributed by atoms with E-state index in [1.807, 2.05) is 13.8 Å². The maximum atomic E-state index is 12.7. The molecule has 0 aliphatic heterocycles. The van der Waals surface area contributed by atoms with Gasteiger partial charge in [-0.2, -0.15) is 0 Å². The molecule has 31 heavy (non-hydrogen) atoms. The first kappa shape index (κ1) is 24.3. The lowest BCUT2D eigenvalue weighted by atomic mass is 10.0. The normalized spacial score (nSPS) is 11.9. The summed E-state index contributed by atoms with van der Waals surface area (Å²) in [5.41, 5.74) is 1.08. The Morgan fingerprint density at radius 2 is 1.68 bits per heavy atom. The summed E-state index contributed by atoms with van der Waals surface area (Å²) in [6.45, 7) is 9.35. The number of aromatic hydroxyl groups is 2. The number of sulfonamides is 1. The number of phenols is 2. The van der Waals surface area contributed by atoms with Crippen LogP contribution in [0.1, 0.15) is 51.7 Å². The molecule has 2 rings (SSSR count). The zero-order chi connectivity index (χ0) is 23.4. The van der Waals surface area contributed by atoms with Crippen molar-refractivity contribution in [2.75, 3.05) is 11.3 Å². The quantitative estimate of drug-likeness (QED) is 0.504. The molecule has 1 amide bonds. The standard InChI is InChI=1S/C22H30N2O6S/c1-14(2)17-12-20(19(26)13-18(17)25)31(28,29)24-16-8-6-15(7-9-16)10-11-23-21(27)30-22(3,4)5/h6-9,12-14,24-26H,10-11H2,1-5H3,(H,23,27). The Bertz CT molecular complexity index is 1030. The first-order chi connectivity index (χ1) is 14.3. The summed E-state index contributed by atoms with van der Waals surface area (Å²) in [6.07, 6.45) is 0.0503. The summed E-state index contributed by atoms with van der Waals surface area (Å²) in [5.74, 6) is -0.807. The molecule has 0 saturated carbocycles. The van der Waals surface area contributed by atoms with Gasteiger partial charge in [-0.15, -0.1) is 0 Å². The number of nitrogens with one attached hydrogen (secondary N) is 2. The van der Waals surface area contributed by atoms with Gasteiger partial charge in [0.1, 0.15) is 22.0 Å². The van der Waals surface area contributed by atoms with Crippen molar-refractivity contribution in [3.63, 3.8) is 0 Å². The molecule has 0 bridgehead atoms. The fraction of sp³-hybridized carbons (Fsp3) is 0.409. The van der Waals surface area contributed by atoms with Crippen LogP contribution in [0.5, 0.6) is 11.5 Å². The van der Waals surface area contributed by atoms with E-state index in [1.54, 1.807) is 45.0 Å². The van der Waals surface area contributed by atoms with Gasteiger partial charge < -0.3 is 20.3 Å². The predicted octanol–water partition coefficient (Wildman–Crippen LogP) is 4.09. The Morgan fingerprint density at radius 1 is 1.06 bits per heavy atom. The number of hydrogen-bond donors (Lipinski definition) is 4. The third-order valence-corrected chi connectivity index (χ3v) is 5.72. The summed E-state index contributed by atoms with van der Waals surface area (Å²) >= 11 is 0. The molecule has 8 nitrogen and oxygen atoms in total. The highest BCUT2D eigenvalue weighted by atomic mass is 32.2. The van der Waals surface area contributed by atoms with Gasteiger partial charge in [0.2, 0.25) is 0 Å². The van der Waals surface area contributed by atoms with Crippen molar-refractivity contribution in [1.29, 1.82) is 0 Å². The van der Waals surface area contributed by atoms with Crippen molar-refractivity contribution < 1.29 is 28.2 Å². The van der Waals surface area contributed by atoms with Crippen LogP contribution in [-0.4, -0.2) is 36.9 Å². The molecule has 9 heteroatoms. The molecule has 0 saturated heterocycles. The van der Waals surface area contributed by atoms with Gasteiger partial charge in [-0.25, -0.2) is 13.2 Å². The number of alkyl carbamates (subject to hydrolysis) is 1. The Labute approximate surface area is 183 Å². The Kier molecular flexibility index (Phi) is 7.43. The van der Waals surface area contributed by atoms with Crippen LogP contribution in [0.2, 0.25) is 0 Å². The zero-order valence-electron chi connectivity index (χ0n) is 18.4. The second-order valence-electron chi connectivity index (χ2n) is 8.51. The molecular weight excluding hydrogens is 420 g/mol. The highest BCUT2D eigenvalue weighted by Gasteiger charge is 2.22. The maximum Gasteiger partial charge on any atom is 0.407 e. The number of carbonyl (C=O) groups excluding carboxylic acids is 1. The van der Waals surface area contributed by atoms with Crippen LogP contribution in [0.25, 0.3) is 0 Å². The molecule has 4 N–H and O–H groups in total. The van der Waals surface area contributed by atoms with Crippen molar-refractivity contribution in [3.05, 3.63) is 47.5 Å². The number of hydrogen-bond acceptors (Lipinski definition) is 6. The molecule has 2 aromatic carbocycles. The second kappa shape index (κ2) is 9.47. The predicted molar refractivity (Wildman–Crippen MR) is 119 cm³/mol. The molecule has 0 atom stereocenters. The van der Waals surface area contributed by atoms with Crippen LogP contribution < -0.4 is 10.0 Å². The number of amides is 1. The minimum absolute atomic E-state index is 0.122. The van der Waals surface area contributed by atoms with Crippen LogP contribution in [0.15, 0.2) is 41.3 Å². The third kappa shape index (κ3) is 7.06. The minimum Gasteiger partial charge on any atom is -0.508 e. The Balaban J connectivity index is 2.04. The average molecular weight is 451 g/mol. The molecule has 0 heterocycles. The summed E-state index contributed by atoms with van der Waals surface area (Å²) in [6, 6.07) is 8.98. The molecule has 0 aliphatic carbocycles. The fourth-order valence-corrected chi connectivity index (χ4v) is 4.00. The number of benzene rings is 2. The molecule has 0 aliphatic rings. The summed E-state index contributed by atoms with van der Waals surface area (Å²) in [4.78, 5) is 11.4. The van der Waals surface area contributed by atoms with E-state index in [0.29, 0.717) is 24.2 Å². The first-order valence-corrected chi connectivity index (χ1v) is 11.4. The molecule has 0 fully saturated rings. The number of phenolic OH excluding ortho intramolecular Hbond substituents is 2. The Morgan fingerprint density at radius 3 is 2.23 bits per heavy atom. The van der Waals surface area contributed by atoms with Crippen LogP contribution in [0, 0.1) is 0 Å². The van der Waals surface area contributed by atoms with Gasteiger partial charge in [0.05, 0.1) is 0 Å². The summed E-state index contributed by atoms with van der Waals surface area (Å²) in [7, 11) is -4.06. The van der Waals surface area contributed by atoms with E-state index < -0.39 is 27.5 Å². The van der Waals surface area contributed by atoms with Gasteiger partial charge in [0, 0.05) is 18.3 Å². The molecule has 0 aromatic heterocycles. The van der Waals surface area contributed by atoms with Crippen molar-refractivity contribution >= 4 is 21.8 Å². The molecule has 0 unspecified atom stereocenters. The lowest BCUT2D eigenvalue weighted by Crippen LogP contribution is -2.33. The number of rotatable bonds is 7. The molecule has 0 spiro atoms. The first-order valence-electron chi connectivity index (χ1n) is 9.93. The van der Waals surface area contributed by atoms with Crippen molar-refractivity contribution in [2.24, 2.45) is 0 Å². The van der Waals surface area contributed by atoms with Crippen LogP contribution >= 0.6 is 0 Å². The van der Waals surface area contributed by atoms with E-state index >= 15 is 0 Å². The van der Waals surface area contributed by atoms with E-state index in [1.165, 1.54) is 6.07 Å². The fourth-order valence-electron chi connectivity index (χ4n) is 2.82. The SMILES string of the molecule is CC(C)c1cc(S(=O)(=O)Nc2ccc(CCNC(=O)OC(C)(C)C)cc2)c(O)cc1O. The molecule has 170 valence electrons. The van der Waals surface area contributed by atoms with Gasteiger partial charge in [0.15, 0.2) is 0 Å². The van der Waals surface area contributed by atoms with Gasteiger partial charge in [0.25, 0.3) is 10.0 Å². The lowest BCUT2D eigenvalue weighted by Gasteiger charge is -2.19. The third-order valence-electron chi connectivity index (χ3n) is 4.31. The smallest absolute Gasteiger partial charge is 0.407 e. The monoisotopic (exact) mass is 450 g/mol. The van der Waals surface area contributed by atoms with E-state index in [-0.39, 0.29) is 16.6 Å². The second-order valence-corrected chi connectivity index (χ2v) is 10.2. The summed E-state index contributed by atoms with van der Waals surface area (Å²) in [5, 5.41) is 22.6. The highest BCUT2D eigenvalue weighted by Crippen LogP contribution is 2.35. The van der Waals surface area contributed by atoms with Crippen molar-refractivity contribution in [3.8, 4) is 11.5 Å². The average Bonchev–Trinajstić information content (AvgIpc) is 2.60. The molecule has 0 radical (unpaired) electrons. The number of anilines is 1. The van der Waals surface area contributed by atoms with Gasteiger partial charge >= 0.3 is 6.09 Å². The van der Waals surface area contributed by atoms with Crippen molar-refractivity contribution in [1.82, 2.24) is 5.32 Å². The molecule has 2 aromatic rings. The van der Waals surface area contributed by atoms with Gasteiger partial charge in [-0.05, 0) is 62.4 Å². The topological polar surface area (TPSA) is 125 Å². The van der Waals surface area contributed by atoms with Crippen LogP contribution in [0.4, 0.5) is 10.5 Å². The zero-order valence-corrected chi connectivity index (χ0v) is 19.2.